The molecule has 0 rings (SSSR count). The highest BCUT2D eigenvalue weighted by molar-refractivity contribution is 5.35. The largest absolute Gasteiger partial charge is 0.236 e. The first-order valence-electron chi connectivity index (χ1n) is 3.40. The number of nitrogens with zero attached hydrogens (tertiary/aromatic N) is 2. The Labute approximate surface area is 66.0 Å². The Hall–Kier alpha value is -1.24. The molecule has 0 bridgehead atoms. The van der Waals surface area contributed by atoms with E-state index in [0.717, 1.165) is 0 Å². The fraction of sp³-hybridized carbons (Fsp3) is 0.714. The van der Waals surface area contributed by atoms with E-state index in [2.05, 4.69) is 23.8 Å². The third kappa shape index (κ3) is 28.3. The van der Waals surface area contributed by atoms with Gasteiger partial charge in [-0.2, -0.15) is 9.98 Å². The molecule has 0 spiro atoms. The van der Waals surface area contributed by atoms with Crippen molar-refractivity contribution in [3.63, 3.8) is 0 Å². The fourth-order valence-corrected chi connectivity index (χ4v) is 0.0931. The van der Waals surface area contributed by atoms with Crippen molar-refractivity contribution in [1.82, 2.24) is 0 Å². The summed E-state index contributed by atoms with van der Waals surface area (Å²) >= 11 is 0. The van der Waals surface area contributed by atoms with Gasteiger partial charge in [0.25, 0.3) is 0 Å². The number of hydrogen-bond acceptors (Lipinski definition) is 4. The summed E-state index contributed by atoms with van der Waals surface area (Å²) in [5, 5.41) is 0. The topological polar surface area (TPSA) is 58.9 Å². The molecule has 4 nitrogen and oxygen atoms in total. The maximum absolute atomic E-state index is 9.20. The van der Waals surface area contributed by atoms with Crippen LogP contribution in [0.3, 0.4) is 0 Å². The van der Waals surface area contributed by atoms with Crippen LogP contribution in [-0.2, 0) is 9.59 Å². The van der Waals surface area contributed by atoms with Gasteiger partial charge in [0.05, 0.1) is 0 Å². The van der Waals surface area contributed by atoms with Gasteiger partial charge >= 0.3 is 0 Å². The lowest BCUT2D eigenvalue weighted by atomic mass is 10.4. The van der Waals surface area contributed by atoms with Crippen molar-refractivity contribution < 1.29 is 9.59 Å². The van der Waals surface area contributed by atoms with E-state index < -0.39 is 0 Å². The minimum Gasteiger partial charge on any atom is -0.211 e. The van der Waals surface area contributed by atoms with Gasteiger partial charge in [-0.1, -0.05) is 26.7 Å². The molecule has 0 aromatic rings. The van der Waals surface area contributed by atoms with Crippen LogP contribution in [0, 0.1) is 0 Å². The standard InChI is InChI=1S/C4H10.C3H2N2O2/c1-3-4-2;6-2-4-1-5-3-7/h3-4H2,1-2H3;1H2. The van der Waals surface area contributed by atoms with Crippen molar-refractivity contribution >= 4 is 12.2 Å². The van der Waals surface area contributed by atoms with E-state index in [1.807, 2.05) is 0 Å². The van der Waals surface area contributed by atoms with Gasteiger partial charge in [0.1, 0.15) is 0 Å². The minimum atomic E-state index is -0.160. The molecule has 0 saturated carbocycles. The summed E-state index contributed by atoms with van der Waals surface area (Å²) in [4.78, 5) is 24.2. The van der Waals surface area contributed by atoms with Crippen molar-refractivity contribution in [2.75, 3.05) is 6.67 Å². The molecule has 0 aliphatic carbocycles. The van der Waals surface area contributed by atoms with Crippen LogP contribution in [-0.4, -0.2) is 18.8 Å². The first-order valence-corrected chi connectivity index (χ1v) is 3.40. The van der Waals surface area contributed by atoms with E-state index in [1.165, 1.54) is 25.0 Å². The predicted octanol–water partition coefficient (Wildman–Crippen LogP) is 1.42. The lowest BCUT2D eigenvalue weighted by Crippen LogP contribution is -1.66. The first-order chi connectivity index (χ1) is 5.33. The number of unbranched alkanes of at least 4 members (excludes halogenated alkanes) is 1. The number of aliphatic imine (C=N–C) groups is 2. The zero-order valence-electron chi connectivity index (χ0n) is 6.83. The second-order valence-corrected chi connectivity index (χ2v) is 1.64. The summed E-state index contributed by atoms with van der Waals surface area (Å²) in [6.07, 6.45) is 5.05. The average molecular weight is 156 g/mol. The molecule has 11 heavy (non-hydrogen) atoms. The maximum Gasteiger partial charge on any atom is 0.236 e. The molecule has 0 aromatic heterocycles. The summed E-state index contributed by atoms with van der Waals surface area (Å²) in [6, 6.07) is 0. The van der Waals surface area contributed by atoms with E-state index >= 15 is 0 Å². The van der Waals surface area contributed by atoms with Crippen LogP contribution in [0.2, 0.25) is 0 Å². The van der Waals surface area contributed by atoms with Crippen molar-refractivity contribution in [2.45, 2.75) is 26.7 Å². The SMILES string of the molecule is CCCC.O=C=NCN=C=O. The molecule has 0 fully saturated rings. The van der Waals surface area contributed by atoms with Gasteiger partial charge in [0, 0.05) is 0 Å². The van der Waals surface area contributed by atoms with E-state index in [4.69, 9.17) is 0 Å². The highest BCUT2D eigenvalue weighted by atomic mass is 16.1. The molecule has 0 aromatic carbocycles. The lowest BCUT2D eigenvalue weighted by Gasteiger charge is -1.68. The molecule has 0 N–H and O–H groups in total. The van der Waals surface area contributed by atoms with E-state index in [1.54, 1.807) is 0 Å². The second kappa shape index (κ2) is 15.9. The smallest absolute Gasteiger partial charge is 0.211 e. The predicted molar refractivity (Wildman–Crippen MR) is 41.7 cm³/mol. The molecule has 0 aliphatic heterocycles. The van der Waals surface area contributed by atoms with E-state index in [-0.39, 0.29) is 6.67 Å². The summed E-state index contributed by atoms with van der Waals surface area (Å²) in [7, 11) is 0. The van der Waals surface area contributed by atoms with Crippen LogP contribution in [0.4, 0.5) is 0 Å². The molecule has 0 heterocycles. The molecular formula is C7H12N2O2. The number of rotatable bonds is 3. The van der Waals surface area contributed by atoms with Crippen LogP contribution >= 0.6 is 0 Å². The van der Waals surface area contributed by atoms with Gasteiger partial charge < -0.3 is 0 Å². The molecule has 4 heteroatoms. The highest BCUT2D eigenvalue weighted by Gasteiger charge is 1.63. The van der Waals surface area contributed by atoms with Gasteiger partial charge in [0.15, 0.2) is 6.67 Å². The number of isocyanates is 2. The summed E-state index contributed by atoms with van der Waals surface area (Å²) in [6.45, 7) is 4.20. The molecule has 62 valence electrons. The van der Waals surface area contributed by atoms with Gasteiger partial charge in [-0.05, 0) is 0 Å². The molecular weight excluding hydrogens is 144 g/mol. The second-order valence-electron chi connectivity index (χ2n) is 1.64. The Kier molecular flexibility index (Phi) is 18.0. The van der Waals surface area contributed by atoms with Crippen molar-refractivity contribution in [3.05, 3.63) is 0 Å². The third-order valence-electron chi connectivity index (χ3n) is 0.771. The van der Waals surface area contributed by atoms with Crippen LogP contribution in [0.1, 0.15) is 26.7 Å². The van der Waals surface area contributed by atoms with Gasteiger partial charge in [0.2, 0.25) is 12.2 Å². The normalized spacial score (nSPS) is 6.36. The monoisotopic (exact) mass is 156 g/mol. The van der Waals surface area contributed by atoms with Crippen LogP contribution < -0.4 is 0 Å². The molecule has 0 saturated heterocycles. The van der Waals surface area contributed by atoms with Gasteiger partial charge in [-0.3, -0.25) is 0 Å². The Bertz CT molecular complexity index is 138. The van der Waals surface area contributed by atoms with Crippen LogP contribution in [0.15, 0.2) is 9.98 Å². The van der Waals surface area contributed by atoms with E-state index in [0.29, 0.717) is 0 Å². The highest BCUT2D eigenvalue weighted by Crippen LogP contribution is 1.76. The number of carbonyl (C=O) groups excluding carboxylic acids is 2. The number of hydrogen-bond donors (Lipinski definition) is 0. The summed E-state index contributed by atoms with van der Waals surface area (Å²) < 4.78 is 0. The van der Waals surface area contributed by atoms with Crippen molar-refractivity contribution in [2.24, 2.45) is 9.98 Å². The third-order valence-corrected chi connectivity index (χ3v) is 0.771. The van der Waals surface area contributed by atoms with Gasteiger partial charge in [-0.15, -0.1) is 0 Å². The molecule has 0 aliphatic rings. The summed E-state index contributed by atoms with van der Waals surface area (Å²) in [5.41, 5.74) is 0. The Morgan fingerprint density at radius 1 is 1.00 bits per heavy atom. The maximum atomic E-state index is 9.20. The Balaban J connectivity index is 0. The van der Waals surface area contributed by atoms with Crippen molar-refractivity contribution in [1.29, 1.82) is 0 Å². The fourth-order valence-electron chi connectivity index (χ4n) is 0.0931. The van der Waals surface area contributed by atoms with Gasteiger partial charge in [-0.25, -0.2) is 9.59 Å². The minimum absolute atomic E-state index is 0.160. The zero-order valence-corrected chi connectivity index (χ0v) is 6.83. The molecule has 0 amide bonds. The first kappa shape index (κ1) is 12.4. The zero-order chi connectivity index (χ0) is 8.95. The molecule has 0 radical (unpaired) electrons. The van der Waals surface area contributed by atoms with Crippen molar-refractivity contribution in [3.8, 4) is 0 Å². The molecule has 0 unspecified atom stereocenters. The lowest BCUT2D eigenvalue weighted by molar-refractivity contribution is 0.560. The summed E-state index contributed by atoms with van der Waals surface area (Å²) in [5.74, 6) is 0. The molecule has 0 atom stereocenters. The Morgan fingerprint density at radius 2 is 1.36 bits per heavy atom. The van der Waals surface area contributed by atoms with Crippen LogP contribution in [0.5, 0.6) is 0 Å². The Morgan fingerprint density at radius 3 is 1.55 bits per heavy atom. The van der Waals surface area contributed by atoms with E-state index in [9.17, 15) is 9.59 Å². The van der Waals surface area contributed by atoms with Crippen LogP contribution in [0.25, 0.3) is 0 Å². The average Bonchev–Trinajstić information content (AvgIpc) is 2.06. The quantitative estimate of drug-likeness (QED) is 0.458.